The smallest absolute Gasteiger partial charge is 0.102 e. The molecule has 0 aliphatic carbocycles. The second-order valence-corrected chi connectivity index (χ2v) is 3.40. The molecule has 12 heavy (non-hydrogen) atoms. The van der Waals surface area contributed by atoms with E-state index in [1.807, 2.05) is 18.3 Å². The number of fused-ring (bicyclic) bond motifs is 1. The summed E-state index contributed by atoms with van der Waals surface area (Å²) < 4.78 is 2.71. The molecule has 0 radical (unpaired) electrons. The second kappa shape index (κ2) is 2.75. The van der Waals surface area contributed by atoms with Crippen LogP contribution in [0.2, 0.25) is 0 Å². The zero-order valence-corrected chi connectivity index (χ0v) is 8.19. The molecule has 0 aliphatic rings. The Kier molecular flexibility index (Phi) is 1.73. The maximum atomic E-state index is 8.71. The molecule has 0 unspecified atom stereocenters. The molecule has 0 saturated heterocycles. The number of halogens is 1. The highest BCUT2D eigenvalue weighted by Crippen LogP contribution is 2.16. The van der Waals surface area contributed by atoms with Crippen molar-refractivity contribution in [3.8, 4) is 6.07 Å². The molecular formula is C8H4IN3. The molecule has 2 aromatic rings. The van der Waals surface area contributed by atoms with E-state index in [9.17, 15) is 0 Å². The monoisotopic (exact) mass is 269 g/mol. The Balaban J connectivity index is 2.89. The van der Waals surface area contributed by atoms with E-state index < -0.39 is 0 Å². The first-order valence-corrected chi connectivity index (χ1v) is 4.43. The first-order chi connectivity index (χ1) is 5.83. The van der Waals surface area contributed by atoms with Gasteiger partial charge in [0.05, 0.1) is 20.8 Å². The van der Waals surface area contributed by atoms with Crippen LogP contribution in [0.15, 0.2) is 24.5 Å². The van der Waals surface area contributed by atoms with E-state index >= 15 is 0 Å². The maximum Gasteiger partial charge on any atom is 0.102 e. The minimum Gasteiger partial charge on any atom is -0.240 e. The fraction of sp³-hybridized carbons (Fsp3) is 0. The number of nitriles is 1. The van der Waals surface area contributed by atoms with Gasteiger partial charge in [-0.25, -0.2) is 4.52 Å². The van der Waals surface area contributed by atoms with Gasteiger partial charge in [0.1, 0.15) is 6.07 Å². The normalized spacial score (nSPS) is 10.0. The summed E-state index contributed by atoms with van der Waals surface area (Å²) in [5, 5.41) is 12.8. The molecular weight excluding hydrogens is 265 g/mol. The second-order valence-electron chi connectivity index (χ2n) is 2.32. The average Bonchev–Trinajstić information content (AvgIpc) is 2.53. The number of rotatable bonds is 0. The number of hydrogen-bond donors (Lipinski definition) is 0. The lowest BCUT2D eigenvalue weighted by atomic mass is 10.3. The van der Waals surface area contributed by atoms with Crippen molar-refractivity contribution in [3.05, 3.63) is 33.7 Å². The average molecular weight is 269 g/mol. The quantitative estimate of drug-likeness (QED) is 0.684. The molecule has 0 spiro atoms. The van der Waals surface area contributed by atoms with Crippen molar-refractivity contribution in [3.63, 3.8) is 0 Å². The van der Waals surface area contributed by atoms with E-state index in [0.29, 0.717) is 5.56 Å². The molecule has 2 aromatic heterocycles. The first-order valence-electron chi connectivity index (χ1n) is 3.35. The molecule has 0 fully saturated rings. The number of aromatic nitrogens is 2. The van der Waals surface area contributed by atoms with E-state index in [1.165, 1.54) is 0 Å². The molecule has 58 valence electrons. The Morgan fingerprint density at radius 2 is 2.42 bits per heavy atom. The highest BCUT2D eigenvalue weighted by Gasteiger charge is 2.03. The standard InChI is InChI=1S/C8H4IN3/c9-8-6(4-10)5-11-12-3-1-2-7(8)12/h1-3,5H. The Hall–Kier alpha value is -1.09. The summed E-state index contributed by atoms with van der Waals surface area (Å²) in [6, 6.07) is 5.94. The third-order valence-electron chi connectivity index (χ3n) is 1.62. The van der Waals surface area contributed by atoms with Crippen molar-refractivity contribution in [2.45, 2.75) is 0 Å². The van der Waals surface area contributed by atoms with Crippen LogP contribution in [0.25, 0.3) is 5.52 Å². The zero-order chi connectivity index (χ0) is 8.55. The fourth-order valence-electron chi connectivity index (χ4n) is 1.04. The van der Waals surface area contributed by atoms with E-state index in [1.54, 1.807) is 10.7 Å². The predicted octanol–water partition coefficient (Wildman–Crippen LogP) is 1.81. The lowest BCUT2D eigenvalue weighted by molar-refractivity contribution is 0.933. The van der Waals surface area contributed by atoms with Crippen LogP contribution in [0.4, 0.5) is 0 Å². The minimum atomic E-state index is 0.627. The third kappa shape index (κ3) is 0.975. The van der Waals surface area contributed by atoms with E-state index in [2.05, 4.69) is 33.8 Å². The van der Waals surface area contributed by atoms with Crippen LogP contribution in [0.5, 0.6) is 0 Å². The Morgan fingerprint density at radius 1 is 1.58 bits per heavy atom. The van der Waals surface area contributed by atoms with Crippen molar-refractivity contribution < 1.29 is 0 Å². The number of nitrogens with zero attached hydrogens (tertiary/aromatic N) is 3. The van der Waals surface area contributed by atoms with Crippen LogP contribution in [-0.4, -0.2) is 9.61 Å². The lowest BCUT2D eigenvalue weighted by Gasteiger charge is -1.97. The van der Waals surface area contributed by atoms with Crippen molar-refractivity contribution in [1.29, 1.82) is 5.26 Å². The van der Waals surface area contributed by atoms with Crippen molar-refractivity contribution in [1.82, 2.24) is 9.61 Å². The SMILES string of the molecule is N#Cc1cnn2cccc2c1I. The Morgan fingerprint density at radius 3 is 3.17 bits per heavy atom. The molecule has 0 amide bonds. The summed E-state index contributed by atoms with van der Waals surface area (Å²) in [5.41, 5.74) is 1.61. The van der Waals surface area contributed by atoms with E-state index in [4.69, 9.17) is 5.26 Å². The van der Waals surface area contributed by atoms with Crippen LogP contribution in [0, 0.1) is 14.9 Å². The molecule has 0 atom stereocenters. The van der Waals surface area contributed by atoms with Crippen molar-refractivity contribution in [2.75, 3.05) is 0 Å². The zero-order valence-electron chi connectivity index (χ0n) is 6.03. The summed E-state index contributed by atoms with van der Waals surface area (Å²) in [7, 11) is 0. The Bertz CT molecular complexity index is 467. The Labute approximate surface area is 82.8 Å². The largest absolute Gasteiger partial charge is 0.240 e. The molecule has 4 heteroatoms. The summed E-state index contributed by atoms with van der Waals surface area (Å²) in [5.74, 6) is 0. The molecule has 2 rings (SSSR count). The van der Waals surface area contributed by atoms with Crippen LogP contribution in [0.3, 0.4) is 0 Å². The van der Waals surface area contributed by atoms with Crippen molar-refractivity contribution >= 4 is 28.1 Å². The van der Waals surface area contributed by atoms with E-state index in [0.717, 1.165) is 9.09 Å². The molecule has 0 bridgehead atoms. The predicted molar refractivity (Wildman–Crippen MR) is 52.6 cm³/mol. The molecule has 2 heterocycles. The van der Waals surface area contributed by atoms with Gasteiger partial charge in [-0.2, -0.15) is 10.4 Å². The first kappa shape index (κ1) is 7.55. The highest BCUT2D eigenvalue weighted by atomic mass is 127. The van der Waals surface area contributed by atoms with Gasteiger partial charge in [0.15, 0.2) is 0 Å². The van der Waals surface area contributed by atoms with Gasteiger partial charge >= 0.3 is 0 Å². The van der Waals surface area contributed by atoms with Crippen LogP contribution in [0.1, 0.15) is 5.56 Å². The molecule has 0 aliphatic heterocycles. The molecule has 0 aromatic carbocycles. The van der Waals surface area contributed by atoms with E-state index in [-0.39, 0.29) is 0 Å². The van der Waals surface area contributed by atoms with Gasteiger partial charge in [-0.3, -0.25) is 0 Å². The maximum absolute atomic E-state index is 8.71. The van der Waals surface area contributed by atoms with Crippen LogP contribution in [-0.2, 0) is 0 Å². The summed E-state index contributed by atoms with van der Waals surface area (Å²) in [6.45, 7) is 0. The van der Waals surface area contributed by atoms with Gasteiger partial charge < -0.3 is 0 Å². The minimum absolute atomic E-state index is 0.627. The summed E-state index contributed by atoms with van der Waals surface area (Å²) in [6.07, 6.45) is 3.44. The van der Waals surface area contributed by atoms with Crippen molar-refractivity contribution in [2.24, 2.45) is 0 Å². The summed E-state index contributed by atoms with van der Waals surface area (Å²) >= 11 is 2.15. The van der Waals surface area contributed by atoms with Crippen LogP contribution >= 0.6 is 22.6 Å². The number of hydrogen-bond acceptors (Lipinski definition) is 2. The lowest BCUT2D eigenvalue weighted by Crippen LogP contribution is -1.93. The molecule has 0 saturated carbocycles. The van der Waals surface area contributed by atoms with Gasteiger partial charge in [0.25, 0.3) is 0 Å². The molecule has 3 nitrogen and oxygen atoms in total. The highest BCUT2D eigenvalue weighted by molar-refractivity contribution is 14.1. The summed E-state index contributed by atoms with van der Waals surface area (Å²) in [4.78, 5) is 0. The van der Waals surface area contributed by atoms with Gasteiger partial charge in [0.2, 0.25) is 0 Å². The molecule has 0 N–H and O–H groups in total. The fourth-order valence-corrected chi connectivity index (χ4v) is 1.73. The third-order valence-corrected chi connectivity index (χ3v) is 2.75. The van der Waals surface area contributed by atoms with Gasteiger partial charge in [-0.05, 0) is 34.7 Å². The van der Waals surface area contributed by atoms with Gasteiger partial charge in [-0.15, -0.1) is 0 Å². The van der Waals surface area contributed by atoms with Gasteiger partial charge in [0, 0.05) is 6.20 Å². The van der Waals surface area contributed by atoms with Gasteiger partial charge in [-0.1, -0.05) is 0 Å². The topological polar surface area (TPSA) is 41.1 Å². The van der Waals surface area contributed by atoms with Crippen LogP contribution < -0.4 is 0 Å².